The Bertz CT molecular complexity index is 1360. The van der Waals surface area contributed by atoms with Crippen molar-refractivity contribution in [3.63, 3.8) is 0 Å². The molecule has 3 heterocycles. The van der Waals surface area contributed by atoms with E-state index in [0.29, 0.717) is 16.9 Å². The topological polar surface area (TPSA) is 148 Å². The van der Waals surface area contributed by atoms with Gasteiger partial charge in [0, 0.05) is 48.9 Å². The number of carbonyl (C=O) groups is 4. The molecular weight excluding hydrogens is 548 g/mol. The Hall–Kier alpha value is -3.02. The molecule has 1 aromatic rings. The molecule has 2 saturated carbocycles. The number of esters is 3. The summed E-state index contributed by atoms with van der Waals surface area (Å²) in [6.07, 6.45) is -0.973. The quantitative estimate of drug-likeness (QED) is 0.308. The molecule has 9 atom stereocenters. The van der Waals surface area contributed by atoms with Crippen LogP contribution in [0.1, 0.15) is 72.0 Å². The molecule has 1 aromatic heterocycles. The minimum atomic E-state index is -1.72. The lowest BCUT2D eigenvalue weighted by atomic mass is 9.50. The van der Waals surface area contributed by atoms with Crippen molar-refractivity contribution >= 4 is 23.7 Å². The first-order valence-corrected chi connectivity index (χ1v) is 14.5. The van der Waals surface area contributed by atoms with Gasteiger partial charge in [0.2, 0.25) is 5.79 Å². The van der Waals surface area contributed by atoms with E-state index in [-0.39, 0.29) is 38.1 Å². The summed E-state index contributed by atoms with van der Waals surface area (Å²) in [5.41, 5.74) is -1.97. The fraction of sp³-hybridized carbons (Fsp3) is 0.677. The van der Waals surface area contributed by atoms with E-state index in [1.54, 1.807) is 12.3 Å². The number of fused-ring (bicyclic) bond motifs is 2. The third kappa shape index (κ3) is 3.62. The molecule has 0 spiro atoms. The highest BCUT2D eigenvalue weighted by Crippen LogP contribution is 2.74. The number of aliphatic hydroxyl groups excluding tert-OH is 1. The molecule has 42 heavy (non-hydrogen) atoms. The van der Waals surface area contributed by atoms with Gasteiger partial charge < -0.3 is 33.2 Å². The van der Waals surface area contributed by atoms with Crippen LogP contribution in [0.25, 0.3) is 0 Å². The van der Waals surface area contributed by atoms with Gasteiger partial charge in [-0.05, 0) is 50.0 Å². The van der Waals surface area contributed by atoms with Gasteiger partial charge in [0.25, 0.3) is 0 Å². The zero-order valence-electron chi connectivity index (χ0n) is 24.8. The van der Waals surface area contributed by atoms with E-state index in [9.17, 15) is 24.3 Å². The summed E-state index contributed by atoms with van der Waals surface area (Å²) in [5, 5.41) is 11.7. The lowest BCUT2D eigenvalue weighted by molar-refractivity contribution is -0.284. The second kappa shape index (κ2) is 9.49. The van der Waals surface area contributed by atoms with E-state index >= 15 is 0 Å². The van der Waals surface area contributed by atoms with Crippen LogP contribution in [0, 0.1) is 22.7 Å². The third-order valence-electron chi connectivity index (χ3n) is 10.7. The second-order valence-corrected chi connectivity index (χ2v) is 13.0. The van der Waals surface area contributed by atoms with Crippen molar-refractivity contribution in [2.24, 2.45) is 22.7 Å². The van der Waals surface area contributed by atoms with Crippen LogP contribution >= 0.6 is 0 Å². The molecule has 2 saturated heterocycles. The summed E-state index contributed by atoms with van der Waals surface area (Å²) < 4.78 is 36.2. The summed E-state index contributed by atoms with van der Waals surface area (Å²) >= 11 is 0. The summed E-state index contributed by atoms with van der Waals surface area (Å²) in [6, 6.07) is 3.56. The average Bonchev–Trinajstić information content (AvgIpc) is 3.64. The first kappa shape index (κ1) is 29.1. The van der Waals surface area contributed by atoms with Crippen LogP contribution in [0.2, 0.25) is 0 Å². The zero-order valence-corrected chi connectivity index (χ0v) is 24.8. The van der Waals surface area contributed by atoms with Crippen molar-refractivity contribution in [1.29, 1.82) is 0 Å². The predicted octanol–water partition coefficient (Wildman–Crippen LogP) is 2.99. The number of ketones is 1. The number of Topliss-reactive ketones (excluding diaryl/α,β-unsaturated/α-hetero) is 1. The van der Waals surface area contributed by atoms with Gasteiger partial charge in [-0.1, -0.05) is 6.92 Å². The molecule has 11 heteroatoms. The zero-order chi connectivity index (χ0) is 30.4. The maximum atomic E-state index is 13.8. The third-order valence-corrected chi connectivity index (χ3v) is 10.7. The van der Waals surface area contributed by atoms with Crippen LogP contribution in [-0.4, -0.2) is 72.2 Å². The maximum Gasteiger partial charge on any atom is 0.305 e. The van der Waals surface area contributed by atoms with E-state index in [1.165, 1.54) is 21.0 Å². The maximum absolute atomic E-state index is 13.8. The minimum absolute atomic E-state index is 0.0728. The highest BCUT2D eigenvalue weighted by Gasteiger charge is 2.82. The van der Waals surface area contributed by atoms with Crippen LogP contribution in [0.5, 0.6) is 0 Å². The number of aliphatic hydroxyl groups is 1. The number of hydrogen-bond acceptors (Lipinski definition) is 11. The molecular formula is C31H38O11. The lowest BCUT2D eigenvalue weighted by Crippen LogP contribution is -2.67. The molecule has 3 aliphatic carbocycles. The normalized spacial score (nSPS) is 41.5. The van der Waals surface area contributed by atoms with Crippen LogP contribution in [0.3, 0.4) is 0 Å². The molecule has 6 rings (SSSR count). The van der Waals surface area contributed by atoms with Crippen molar-refractivity contribution in [3.8, 4) is 0 Å². The smallest absolute Gasteiger partial charge is 0.305 e. The van der Waals surface area contributed by atoms with E-state index in [4.69, 9.17) is 28.1 Å². The number of ether oxygens (including phenoxy) is 5. The van der Waals surface area contributed by atoms with Crippen LogP contribution in [0.15, 0.2) is 34.0 Å². The number of furan rings is 1. The van der Waals surface area contributed by atoms with Crippen molar-refractivity contribution in [1.82, 2.24) is 0 Å². The van der Waals surface area contributed by atoms with E-state index in [0.717, 1.165) is 0 Å². The molecule has 11 nitrogen and oxygen atoms in total. The average molecular weight is 587 g/mol. The summed E-state index contributed by atoms with van der Waals surface area (Å²) in [7, 11) is 1.30. The first-order chi connectivity index (χ1) is 19.7. The first-order valence-electron chi connectivity index (χ1n) is 14.5. The number of methoxy groups -OCH3 is 1. The Kier molecular flexibility index (Phi) is 6.57. The van der Waals surface area contributed by atoms with Crippen molar-refractivity contribution in [3.05, 3.63) is 35.3 Å². The summed E-state index contributed by atoms with van der Waals surface area (Å²) in [4.78, 5) is 52.2. The van der Waals surface area contributed by atoms with Crippen LogP contribution in [0.4, 0.5) is 0 Å². The lowest BCUT2D eigenvalue weighted by Gasteiger charge is -2.58. The Balaban J connectivity index is 1.66. The molecule has 2 aliphatic heterocycles. The Morgan fingerprint density at radius 1 is 1.12 bits per heavy atom. The SMILES string of the molecule is COC(=O)C[C@H]1C(C)(C)O[C@@]23OCC4=C5[C@H](O)C[C@@H](c6ccco6)[C@]5(C)[C@@H](OC(C)=O)[C@H](OC(C)=O)[C@@H]4[C@@]12CCC3=O. The fourth-order valence-electron chi connectivity index (χ4n) is 9.49. The van der Waals surface area contributed by atoms with E-state index in [2.05, 4.69) is 0 Å². The minimum Gasteiger partial charge on any atom is -0.469 e. The molecule has 4 fully saturated rings. The molecule has 0 amide bonds. The summed E-state index contributed by atoms with van der Waals surface area (Å²) in [5.74, 6) is -4.86. The largest absolute Gasteiger partial charge is 0.469 e. The molecule has 0 bridgehead atoms. The van der Waals surface area contributed by atoms with Gasteiger partial charge in [-0.25, -0.2) is 0 Å². The van der Waals surface area contributed by atoms with E-state index in [1.807, 2.05) is 26.8 Å². The second-order valence-electron chi connectivity index (χ2n) is 13.0. The predicted molar refractivity (Wildman–Crippen MR) is 142 cm³/mol. The molecule has 1 N–H and O–H groups in total. The molecule has 0 aromatic carbocycles. The van der Waals surface area contributed by atoms with E-state index < -0.39 is 76.2 Å². The van der Waals surface area contributed by atoms with Gasteiger partial charge in [0.05, 0.1) is 38.1 Å². The summed E-state index contributed by atoms with van der Waals surface area (Å²) in [6.45, 7) is 8.01. The molecule has 0 radical (unpaired) electrons. The van der Waals surface area contributed by atoms with Gasteiger partial charge in [0.1, 0.15) is 18.0 Å². The van der Waals surface area contributed by atoms with Gasteiger partial charge in [-0.3, -0.25) is 19.2 Å². The number of rotatable bonds is 5. The highest BCUT2D eigenvalue weighted by molar-refractivity contribution is 5.91. The highest BCUT2D eigenvalue weighted by atomic mass is 16.7. The molecule has 0 unspecified atom stereocenters. The number of carbonyl (C=O) groups excluding carboxylic acids is 4. The molecule has 5 aliphatic rings. The van der Waals surface area contributed by atoms with Gasteiger partial charge in [-0.15, -0.1) is 0 Å². The van der Waals surface area contributed by atoms with Crippen LogP contribution < -0.4 is 0 Å². The standard InChI is InChI=1S/C31H38O11/c1-15(32)40-26-25-17(24-19(34)12-18(20-8-7-11-38-20)29(24,5)27(26)41-16(2)33)14-39-31-22(35)9-10-30(25,31)21(13-23(36)37-6)28(3,4)42-31/h7-8,11,18-19,21,25-27,34H,9-10,12-14H2,1-6H3/t18-,19+,21-,25+,26+,27-,29-,30+,31+/m0/s1. The fourth-order valence-corrected chi connectivity index (χ4v) is 9.49. The van der Waals surface area contributed by atoms with Crippen molar-refractivity contribution in [2.75, 3.05) is 13.7 Å². The van der Waals surface area contributed by atoms with Gasteiger partial charge in [0.15, 0.2) is 5.78 Å². The monoisotopic (exact) mass is 586 g/mol. The Morgan fingerprint density at radius 3 is 2.45 bits per heavy atom. The van der Waals surface area contributed by atoms with Crippen molar-refractivity contribution in [2.45, 2.75) is 95.9 Å². The Morgan fingerprint density at radius 2 is 1.83 bits per heavy atom. The van der Waals surface area contributed by atoms with Crippen LogP contribution in [-0.2, 0) is 42.9 Å². The van der Waals surface area contributed by atoms with Crippen molar-refractivity contribution < 1.29 is 52.4 Å². The Labute approximate surface area is 243 Å². The van der Waals surface area contributed by atoms with Gasteiger partial charge in [-0.2, -0.15) is 0 Å². The van der Waals surface area contributed by atoms with Gasteiger partial charge >= 0.3 is 17.9 Å². The molecule has 228 valence electrons. The number of hydrogen-bond donors (Lipinski definition) is 1.